The Morgan fingerprint density at radius 2 is 1.90 bits per heavy atom. The number of ether oxygens (including phenoxy) is 2. The summed E-state index contributed by atoms with van der Waals surface area (Å²) in [6.07, 6.45) is 3.88. The van der Waals surface area contributed by atoms with Crippen molar-refractivity contribution in [3.05, 3.63) is 75.7 Å². The number of nitrogens with one attached hydrogen (secondary N) is 2. The van der Waals surface area contributed by atoms with E-state index in [2.05, 4.69) is 27.5 Å². The van der Waals surface area contributed by atoms with E-state index >= 15 is 0 Å². The molecule has 0 unspecified atom stereocenters. The molecule has 0 saturated carbocycles. The fourth-order valence-electron chi connectivity index (χ4n) is 3.00. The van der Waals surface area contributed by atoms with Gasteiger partial charge in [0.2, 0.25) is 0 Å². The maximum Gasteiger partial charge on any atom is 0.191 e. The summed E-state index contributed by atoms with van der Waals surface area (Å²) in [6.45, 7) is 4.07. The van der Waals surface area contributed by atoms with Crippen LogP contribution in [0.15, 0.2) is 59.7 Å². The highest BCUT2D eigenvalue weighted by Gasteiger charge is 2.08. The van der Waals surface area contributed by atoms with E-state index in [1.165, 1.54) is 4.88 Å². The normalized spacial score (nSPS) is 11.3. The van der Waals surface area contributed by atoms with E-state index in [-0.39, 0.29) is 0 Å². The SMILES string of the molecule is CCc1cnc(CCNC(=NC)NCc2ccc(OCc3ccccc3)c(OC)c2)s1. The van der Waals surface area contributed by atoms with E-state index in [4.69, 9.17) is 9.47 Å². The van der Waals surface area contributed by atoms with Gasteiger partial charge in [0, 0.05) is 37.6 Å². The molecule has 2 N–H and O–H groups in total. The smallest absolute Gasteiger partial charge is 0.191 e. The van der Waals surface area contributed by atoms with Gasteiger partial charge in [-0.2, -0.15) is 0 Å². The molecule has 7 heteroatoms. The number of thiazole rings is 1. The van der Waals surface area contributed by atoms with E-state index < -0.39 is 0 Å². The number of rotatable bonds is 10. The second-order valence-corrected chi connectivity index (χ2v) is 8.14. The van der Waals surface area contributed by atoms with Crippen molar-refractivity contribution < 1.29 is 9.47 Å². The minimum absolute atomic E-state index is 0.504. The molecule has 2 aromatic carbocycles. The molecule has 0 amide bonds. The first-order valence-corrected chi connectivity index (χ1v) is 11.2. The second kappa shape index (κ2) is 12.0. The van der Waals surface area contributed by atoms with Gasteiger partial charge in [0.25, 0.3) is 0 Å². The van der Waals surface area contributed by atoms with Crippen LogP contribution in [0.2, 0.25) is 0 Å². The van der Waals surface area contributed by atoms with E-state index in [1.807, 2.05) is 54.7 Å². The lowest BCUT2D eigenvalue weighted by molar-refractivity contribution is 0.284. The number of aromatic nitrogens is 1. The van der Waals surface area contributed by atoms with Gasteiger partial charge in [0.15, 0.2) is 17.5 Å². The Hall–Kier alpha value is -3.06. The van der Waals surface area contributed by atoms with E-state index in [9.17, 15) is 0 Å². The first-order chi connectivity index (χ1) is 15.2. The van der Waals surface area contributed by atoms with E-state index in [1.54, 1.807) is 25.5 Å². The molecule has 6 nitrogen and oxygen atoms in total. The predicted octanol–water partition coefficient (Wildman–Crippen LogP) is 4.20. The number of benzene rings is 2. The lowest BCUT2D eigenvalue weighted by atomic mass is 10.2. The molecule has 31 heavy (non-hydrogen) atoms. The summed E-state index contributed by atoms with van der Waals surface area (Å²) >= 11 is 1.77. The third-order valence-corrected chi connectivity index (χ3v) is 5.93. The standard InChI is InChI=1S/C24H30N4O2S/c1-4-20-16-27-23(31-20)12-13-26-24(25-2)28-15-19-10-11-21(22(14-19)29-3)30-17-18-8-6-5-7-9-18/h5-11,14,16H,4,12-13,15,17H2,1-3H3,(H2,25,26,28). The number of guanidine groups is 1. The zero-order valence-corrected chi connectivity index (χ0v) is 19.2. The van der Waals surface area contributed by atoms with Crippen LogP contribution in [0.25, 0.3) is 0 Å². The van der Waals surface area contributed by atoms with Crippen LogP contribution in [0.1, 0.15) is 27.9 Å². The monoisotopic (exact) mass is 438 g/mol. The molecule has 3 aromatic rings. The highest BCUT2D eigenvalue weighted by Crippen LogP contribution is 2.28. The summed E-state index contributed by atoms with van der Waals surface area (Å²) in [5.41, 5.74) is 2.20. The van der Waals surface area contributed by atoms with Crippen LogP contribution in [0.5, 0.6) is 11.5 Å². The third-order valence-electron chi connectivity index (χ3n) is 4.73. The lowest BCUT2D eigenvalue weighted by Gasteiger charge is -2.14. The molecule has 0 fully saturated rings. The minimum Gasteiger partial charge on any atom is -0.493 e. The maximum absolute atomic E-state index is 5.93. The number of methoxy groups -OCH3 is 1. The number of aryl methyl sites for hydroxylation is 1. The molecule has 0 spiro atoms. The highest BCUT2D eigenvalue weighted by atomic mass is 32.1. The molecule has 0 atom stereocenters. The topological polar surface area (TPSA) is 67.8 Å². The fourth-order valence-corrected chi connectivity index (χ4v) is 3.86. The fraction of sp³-hybridized carbons (Fsp3) is 0.333. The minimum atomic E-state index is 0.504. The highest BCUT2D eigenvalue weighted by molar-refractivity contribution is 7.11. The molecule has 0 bridgehead atoms. The van der Waals surface area contributed by atoms with Crippen LogP contribution in [-0.2, 0) is 26.0 Å². The Morgan fingerprint density at radius 3 is 2.61 bits per heavy atom. The zero-order valence-electron chi connectivity index (χ0n) is 18.4. The summed E-state index contributed by atoms with van der Waals surface area (Å²) in [5.74, 6) is 2.21. The van der Waals surface area contributed by atoms with Crippen molar-refractivity contribution in [3.8, 4) is 11.5 Å². The molecule has 0 aliphatic heterocycles. The molecule has 0 saturated heterocycles. The molecule has 1 aromatic heterocycles. The van der Waals surface area contributed by atoms with Crippen molar-refractivity contribution in [2.45, 2.75) is 32.9 Å². The van der Waals surface area contributed by atoms with Gasteiger partial charge in [-0.05, 0) is 29.7 Å². The predicted molar refractivity (Wildman–Crippen MR) is 127 cm³/mol. The molecule has 1 heterocycles. The van der Waals surface area contributed by atoms with Crippen molar-refractivity contribution in [2.24, 2.45) is 4.99 Å². The van der Waals surface area contributed by atoms with Crippen LogP contribution in [-0.4, -0.2) is 31.6 Å². The molecular weight excluding hydrogens is 408 g/mol. The van der Waals surface area contributed by atoms with Gasteiger partial charge in [-0.3, -0.25) is 4.99 Å². The number of nitrogens with zero attached hydrogens (tertiary/aromatic N) is 2. The first kappa shape index (κ1) is 22.6. The van der Waals surface area contributed by atoms with Gasteiger partial charge in [-0.25, -0.2) is 4.98 Å². The largest absolute Gasteiger partial charge is 0.493 e. The first-order valence-electron chi connectivity index (χ1n) is 10.4. The van der Waals surface area contributed by atoms with E-state index in [0.29, 0.717) is 18.9 Å². The van der Waals surface area contributed by atoms with Crippen LogP contribution in [0.3, 0.4) is 0 Å². The molecular formula is C24H30N4O2S. The Kier molecular flexibility index (Phi) is 8.72. The Morgan fingerprint density at radius 1 is 1.06 bits per heavy atom. The number of hydrogen-bond acceptors (Lipinski definition) is 5. The van der Waals surface area contributed by atoms with Crippen molar-refractivity contribution in [1.29, 1.82) is 0 Å². The van der Waals surface area contributed by atoms with Crippen LogP contribution >= 0.6 is 11.3 Å². The molecule has 0 aliphatic carbocycles. The number of hydrogen-bond donors (Lipinski definition) is 2. The van der Waals surface area contributed by atoms with Gasteiger partial charge in [0.1, 0.15) is 6.61 Å². The van der Waals surface area contributed by atoms with Gasteiger partial charge >= 0.3 is 0 Å². The maximum atomic E-state index is 5.93. The third kappa shape index (κ3) is 7.00. The Bertz CT molecular complexity index is 973. The summed E-state index contributed by atoms with van der Waals surface area (Å²) in [4.78, 5) is 10.1. The number of aliphatic imine (C=N–C) groups is 1. The average molecular weight is 439 g/mol. The van der Waals surface area contributed by atoms with Gasteiger partial charge < -0.3 is 20.1 Å². The summed E-state index contributed by atoms with van der Waals surface area (Å²) in [5, 5.41) is 7.83. The zero-order chi connectivity index (χ0) is 21.9. The second-order valence-electron chi connectivity index (χ2n) is 6.94. The molecule has 164 valence electrons. The summed E-state index contributed by atoms with van der Waals surface area (Å²) in [7, 11) is 3.43. The Balaban J connectivity index is 1.48. The van der Waals surface area contributed by atoms with Crippen LogP contribution < -0.4 is 20.1 Å². The van der Waals surface area contributed by atoms with Gasteiger partial charge in [-0.1, -0.05) is 43.3 Å². The van der Waals surface area contributed by atoms with Gasteiger partial charge in [-0.15, -0.1) is 11.3 Å². The van der Waals surface area contributed by atoms with Crippen molar-refractivity contribution in [2.75, 3.05) is 20.7 Å². The average Bonchev–Trinajstić information content (AvgIpc) is 3.28. The summed E-state index contributed by atoms with van der Waals surface area (Å²) in [6, 6.07) is 16.1. The van der Waals surface area contributed by atoms with E-state index in [0.717, 1.165) is 47.2 Å². The van der Waals surface area contributed by atoms with Crippen molar-refractivity contribution >= 4 is 17.3 Å². The molecule has 0 radical (unpaired) electrons. The van der Waals surface area contributed by atoms with Gasteiger partial charge in [0.05, 0.1) is 12.1 Å². The lowest BCUT2D eigenvalue weighted by Crippen LogP contribution is -2.37. The Labute approximate surface area is 188 Å². The van der Waals surface area contributed by atoms with Crippen molar-refractivity contribution in [3.63, 3.8) is 0 Å². The quantitative estimate of drug-likeness (QED) is 0.367. The molecule has 0 aliphatic rings. The van der Waals surface area contributed by atoms with Crippen LogP contribution in [0, 0.1) is 0 Å². The summed E-state index contributed by atoms with van der Waals surface area (Å²) < 4.78 is 11.5. The molecule has 3 rings (SSSR count). The van der Waals surface area contributed by atoms with Crippen LogP contribution in [0.4, 0.5) is 0 Å². The van der Waals surface area contributed by atoms with Crippen molar-refractivity contribution in [1.82, 2.24) is 15.6 Å².